The number of aliphatic hydroxyl groups is 1. The molecule has 0 radical (unpaired) electrons. The number of carbonyl (C=O) groups is 1. The molecule has 1 fully saturated rings. The van der Waals surface area contributed by atoms with Crippen LogP contribution in [-0.4, -0.2) is 37.2 Å². The topological polar surface area (TPSA) is 104 Å². The van der Waals surface area contributed by atoms with Crippen LogP contribution in [-0.2, 0) is 16.3 Å². The molecule has 6 nitrogen and oxygen atoms in total. The van der Waals surface area contributed by atoms with E-state index < -0.39 is 21.9 Å². The molecule has 3 N–H and O–H groups in total. The van der Waals surface area contributed by atoms with Gasteiger partial charge in [0.2, 0.25) is 9.84 Å². The highest BCUT2D eigenvalue weighted by Gasteiger charge is 2.26. The summed E-state index contributed by atoms with van der Waals surface area (Å²) in [5.74, 6) is -0.960. The van der Waals surface area contributed by atoms with E-state index in [4.69, 9.17) is 11.6 Å². The fraction of sp³-hybridized carbons (Fsp3) is 0.367. The fourth-order valence-electron chi connectivity index (χ4n) is 5.14. The zero-order valence-corrected chi connectivity index (χ0v) is 24.2. The molecule has 39 heavy (non-hydrogen) atoms. The van der Waals surface area contributed by atoms with Gasteiger partial charge in [0.25, 0.3) is 0 Å². The third-order valence-corrected chi connectivity index (χ3v) is 9.33. The number of aromatic carboxylic acids is 1. The van der Waals surface area contributed by atoms with Gasteiger partial charge in [0.15, 0.2) is 0 Å². The van der Waals surface area contributed by atoms with Gasteiger partial charge < -0.3 is 15.5 Å². The van der Waals surface area contributed by atoms with E-state index in [1.54, 1.807) is 42.5 Å². The third-order valence-electron chi connectivity index (χ3n) is 7.27. The van der Waals surface area contributed by atoms with E-state index in [9.17, 15) is 23.4 Å². The van der Waals surface area contributed by atoms with Gasteiger partial charge in [-0.25, -0.2) is 13.2 Å². The molecule has 3 aromatic carbocycles. The van der Waals surface area contributed by atoms with Gasteiger partial charge in [-0.15, -0.1) is 12.4 Å². The van der Waals surface area contributed by atoms with Crippen molar-refractivity contribution in [2.75, 3.05) is 6.54 Å². The molecule has 0 aliphatic heterocycles. The predicted octanol–water partition coefficient (Wildman–Crippen LogP) is 6.59. The molecule has 1 aliphatic rings. The molecule has 210 valence electrons. The van der Waals surface area contributed by atoms with E-state index in [0.29, 0.717) is 18.0 Å². The third kappa shape index (κ3) is 7.83. The number of hydrogen-bond acceptors (Lipinski definition) is 5. The number of aliphatic hydroxyl groups excluding tert-OH is 1. The highest BCUT2D eigenvalue weighted by molar-refractivity contribution is 7.91. The van der Waals surface area contributed by atoms with Crippen molar-refractivity contribution in [2.45, 2.75) is 73.3 Å². The zero-order valence-electron chi connectivity index (χ0n) is 21.8. The Kier molecular flexibility index (Phi) is 11.0. The summed E-state index contributed by atoms with van der Waals surface area (Å²) < 4.78 is 26.8. The molecule has 0 unspecified atom stereocenters. The molecule has 0 amide bonds. The summed E-state index contributed by atoms with van der Waals surface area (Å²) in [6, 6.07) is 18.4. The minimum Gasteiger partial charge on any atom is -0.478 e. The summed E-state index contributed by atoms with van der Waals surface area (Å²) in [7, 11) is -4.00. The van der Waals surface area contributed by atoms with Crippen LogP contribution in [0.1, 0.15) is 78.1 Å². The quantitative estimate of drug-likeness (QED) is 0.245. The first-order valence-corrected chi connectivity index (χ1v) is 14.9. The van der Waals surface area contributed by atoms with Crippen LogP contribution in [0.3, 0.4) is 0 Å². The molecule has 2 atom stereocenters. The van der Waals surface area contributed by atoms with E-state index in [1.165, 1.54) is 24.6 Å². The summed E-state index contributed by atoms with van der Waals surface area (Å²) in [4.78, 5) is 11.9. The van der Waals surface area contributed by atoms with Crippen molar-refractivity contribution in [3.63, 3.8) is 0 Å². The van der Waals surface area contributed by atoms with E-state index >= 15 is 0 Å². The number of rotatable bonds is 10. The first kappa shape index (κ1) is 31.1. The lowest BCUT2D eigenvalue weighted by Gasteiger charge is -2.22. The second-order valence-corrected chi connectivity index (χ2v) is 12.5. The molecular weight excluding hydrogens is 557 g/mol. The van der Waals surface area contributed by atoms with Crippen molar-refractivity contribution in [3.05, 3.63) is 94.0 Å². The molecule has 0 spiro atoms. The Labute approximate surface area is 241 Å². The second-order valence-electron chi connectivity index (χ2n) is 10.1. The van der Waals surface area contributed by atoms with Crippen LogP contribution in [0.4, 0.5) is 0 Å². The van der Waals surface area contributed by atoms with Gasteiger partial charge in [-0.05, 0) is 85.2 Å². The summed E-state index contributed by atoms with van der Waals surface area (Å²) in [5.41, 5.74) is 2.39. The van der Waals surface area contributed by atoms with Crippen LogP contribution in [0.2, 0.25) is 5.02 Å². The Bertz CT molecular complexity index is 1370. The standard InChI is InChI=1S/C30H34ClNO5S.ClH/c1-20(32-19-28(33)24-8-5-9-25(31)17-24)16-21-10-13-26(14-11-21)38(36,37)29-15-12-23(18-27(29)30(34)35)22-6-3-2-4-7-22;/h5,8-15,17-18,20,22,28,32-33H,2-4,6-7,16,19H2,1H3,(H,34,35);1H/t20-,28+;/m1./s1. The number of sulfone groups is 1. The molecule has 0 heterocycles. The SMILES string of the molecule is C[C@H](Cc1ccc(S(=O)(=O)c2ccc(C3CCCCC3)cc2C(=O)O)cc1)NC[C@H](O)c1cccc(Cl)c1.Cl. The van der Waals surface area contributed by atoms with Crippen molar-refractivity contribution in [1.29, 1.82) is 0 Å². The molecule has 3 aromatic rings. The Hall–Kier alpha value is -2.42. The van der Waals surface area contributed by atoms with Gasteiger partial charge in [0.1, 0.15) is 0 Å². The summed E-state index contributed by atoms with van der Waals surface area (Å²) in [5, 5.41) is 24.1. The smallest absolute Gasteiger partial charge is 0.337 e. The Morgan fingerprint density at radius 1 is 1.03 bits per heavy atom. The van der Waals surface area contributed by atoms with Crippen molar-refractivity contribution >= 4 is 39.8 Å². The molecule has 4 rings (SSSR count). The van der Waals surface area contributed by atoms with E-state index in [-0.39, 0.29) is 39.7 Å². The maximum absolute atomic E-state index is 13.4. The average Bonchev–Trinajstić information content (AvgIpc) is 2.92. The van der Waals surface area contributed by atoms with E-state index in [0.717, 1.165) is 42.4 Å². The highest BCUT2D eigenvalue weighted by atomic mass is 35.5. The van der Waals surface area contributed by atoms with Crippen molar-refractivity contribution in [3.8, 4) is 0 Å². The Morgan fingerprint density at radius 2 is 1.72 bits per heavy atom. The zero-order chi connectivity index (χ0) is 27.3. The highest BCUT2D eigenvalue weighted by Crippen LogP contribution is 2.35. The number of halogens is 2. The lowest BCUT2D eigenvalue weighted by Crippen LogP contribution is -2.32. The van der Waals surface area contributed by atoms with Crippen molar-refractivity contribution < 1.29 is 23.4 Å². The van der Waals surface area contributed by atoms with Crippen LogP contribution in [0, 0.1) is 0 Å². The van der Waals surface area contributed by atoms with Crippen molar-refractivity contribution in [2.24, 2.45) is 0 Å². The van der Waals surface area contributed by atoms with Gasteiger partial charge in [0, 0.05) is 17.6 Å². The molecule has 1 aliphatic carbocycles. The van der Waals surface area contributed by atoms with Crippen LogP contribution < -0.4 is 5.32 Å². The summed E-state index contributed by atoms with van der Waals surface area (Å²) >= 11 is 6.00. The second kappa shape index (κ2) is 13.8. The Balaban J connectivity index is 0.00000420. The molecule has 0 bridgehead atoms. The number of nitrogens with one attached hydrogen (secondary N) is 1. The fourth-order valence-corrected chi connectivity index (χ4v) is 6.77. The van der Waals surface area contributed by atoms with Gasteiger partial charge >= 0.3 is 5.97 Å². The summed E-state index contributed by atoms with van der Waals surface area (Å²) in [6.07, 6.45) is 5.32. The molecule has 1 saturated carbocycles. The van der Waals surface area contributed by atoms with Crippen LogP contribution in [0.5, 0.6) is 0 Å². The van der Waals surface area contributed by atoms with Gasteiger partial charge in [-0.3, -0.25) is 0 Å². The van der Waals surface area contributed by atoms with E-state index in [1.807, 2.05) is 13.0 Å². The van der Waals surface area contributed by atoms with Gasteiger partial charge in [-0.1, -0.05) is 61.2 Å². The lowest BCUT2D eigenvalue weighted by atomic mass is 9.83. The Morgan fingerprint density at radius 3 is 2.36 bits per heavy atom. The monoisotopic (exact) mass is 591 g/mol. The number of hydrogen-bond donors (Lipinski definition) is 3. The molecule has 0 aromatic heterocycles. The maximum Gasteiger partial charge on any atom is 0.337 e. The number of benzene rings is 3. The van der Waals surface area contributed by atoms with Crippen molar-refractivity contribution in [1.82, 2.24) is 5.32 Å². The van der Waals surface area contributed by atoms with Crippen LogP contribution in [0.25, 0.3) is 0 Å². The van der Waals surface area contributed by atoms with Gasteiger partial charge in [-0.2, -0.15) is 0 Å². The molecular formula is C30H35Cl2NO5S. The normalized spacial score (nSPS) is 15.8. The van der Waals surface area contributed by atoms with E-state index in [2.05, 4.69) is 5.32 Å². The minimum absolute atomic E-state index is 0. The number of carboxylic acid groups (broad SMARTS) is 1. The average molecular weight is 593 g/mol. The number of carboxylic acids is 1. The first-order chi connectivity index (χ1) is 18.1. The lowest BCUT2D eigenvalue weighted by molar-refractivity contribution is 0.0692. The van der Waals surface area contributed by atoms with Crippen LogP contribution >= 0.6 is 24.0 Å². The maximum atomic E-state index is 13.4. The first-order valence-electron chi connectivity index (χ1n) is 13.0. The van der Waals surface area contributed by atoms with Crippen LogP contribution in [0.15, 0.2) is 76.5 Å². The summed E-state index contributed by atoms with van der Waals surface area (Å²) in [6.45, 7) is 2.34. The molecule has 0 saturated heterocycles. The van der Waals surface area contributed by atoms with Gasteiger partial charge in [0.05, 0.1) is 21.5 Å². The molecule has 9 heteroatoms. The largest absolute Gasteiger partial charge is 0.478 e. The minimum atomic E-state index is -4.00. The predicted molar refractivity (Wildman–Crippen MR) is 156 cm³/mol.